The number of anilines is 1. The molecule has 0 unspecified atom stereocenters. The molecule has 110 valence electrons. The zero-order valence-electron chi connectivity index (χ0n) is 11.0. The first-order valence-corrected chi connectivity index (χ1v) is 7.76. The molecule has 0 radical (unpaired) electrons. The van der Waals surface area contributed by atoms with Crippen molar-refractivity contribution in [3.05, 3.63) is 41.6 Å². The molecule has 1 amide bonds. The van der Waals surface area contributed by atoms with Crippen LogP contribution in [0, 0.1) is 0 Å². The fourth-order valence-corrected chi connectivity index (χ4v) is 2.83. The maximum Gasteiger partial charge on any atom is 0.239 e. The summed E-state index contributed by atoms with van der Waals surface area (Å²) < 4.78 is 22.9. The summed E-state index contributed by atoms with van der Waals surface area (Å²) in [5.74, 6) is 0.119. The van der Waals surface area contributed by atoms with Crippen molar-refractivity contribution >= 4 is 33.3 Å². The molecule has 0 bridgehead atoms. The van der Waals surface area contributed by atoms with E-state index < -0.39 is 10.0 Å². The monoisotopic (exact) mass is 325 g/mol. The van der Waals surface area contributed by atoms with E-state index in [4.69, 9.17) is 16.7 Å². The van der Waals surface area contributed by atoms with Crippen molar-refractivity contribution in [2.75, 3.05) is 5.32 Å². The predicted octanol–water partition coefficient (Wildman–Crippen LogP) is 2.01. The number of carbonyl (C=O) groups is 1. The van der Waals surface area contributed by atoms with Crippen LogP contribution in [-0.4, -0.2) is 19.3 Å². The highest BCUT2D eigenvalue weighted by Crippen LogP contribution is 2.28. The molecule has 0 aliphatic rings. The standard InChI is InChI=1S/C13H12ClN3O3S/c1-8(18)17-13-7-10(4-5-16-13)9-2-3-11(14)12(6-9)21(15,19)20/h2-7H,1H3,(H2,15,19,20)(H,16,17,18). The molecule has 3 N–H and O–H groups in total. The molecule has 6 nitrogen and oxygen atoms in total. The molecule has 0 atom stereocenters. The molecular formula is C13H12ClN3O3S. The Morgan fingerprint density at radius 2 is 1.90 bits per heavy atom. The van der Waals surface area contributed by atoms with Gasteiger partial charge in [0.2, 0.25) is 15.9 Å². The van der Waals surface area contributed by atoms with Gasteiger partial charge in [-0.1, -0.05) is 17.7 Å². The lowest BCUT2D eigenvalue weighted by Crippen LogP contribution is -2.12. The third kappa shape index (κ3) is 3.78. The number of nitrogens with one attached hydrogen (secondary N) is 1. The summed E-state index contributed by atoms with van der Waals surface area (Å²) in [5, 5.41) is 7.72. The Hall–Kier alpha value is -1.96. The van der Waals surface area contributed by atoms with E-state index in [1.165, 1.54) is 25.3 Å². The number of rotatable bonds is 3. The number of hydrogen-bond acceptors (Lipinski definition) is 4. The first kappa shape index (κ1) is 15.4. The van der Waals surface area contributed by atoms with E-state index in [-0.39, 0.29) is 15.8 Å². The minimum atomic E-state index is -3.91. The number of sulfonamides is 1. The summed E-state index contributed by atoms with van der Waals surface area (Å²) in [6.07, 6.45) is 1.51. The summed E-state index contributed by atoms with van der Waals surface area (Å²) >= 11 is 5.84. The van der Waals surface area contributed by atoms with Gasteiger partial charge in [0.15, 0.2) is 0 Å². The van der Waals surface area contributed by atoms with Crippen LogP contribution in [0.1, 0.15) is 6.92 Å². The zero-order chi connectivity index (χ0) is 15.6. The Bertz CT molecular complexity index is 806. The number of nitrogens with two attached hydrogens (primary N) is 1. The van der Waals surface area contributed by atoms with Crippen LogP contribution in [0.4, 0.5) is 5.82 Å². The average Bonchev–Trinajstić information content (AvgIpc) is 2.37. The van der Waals surface area contributed by atoms with Crippen molar-refractivity contribution in [1.29, 1.82) is 0 Å². The Labute approximate surface area is 127 Å². The van der Waals surface area contributed by atoms with E-state index in [2.05, 4.69) is 10.3 Å². The van der Waals surface area contributed by atoms with Crippen LogP contribution < -0.4 is 10.5 Å². The molecule has 0 saturated carbocycles. The summed E-state index contributed by atoms with van der Waals surface area (Å²) in [4.78, 5) is 14.9. The van der Waals surface area contributed by atoms with E-state index >= 15 is 0 Å². The van der Waals surface area contributed by atoms with Gasteiger partial charge in [-0.25, -0.2) is 18.5 Å². The summed E-state index contributed by atoms with van der Waals surface area (Å²) in [6, 6.07) is 7.79. The van der Waals surface area contributed by atoms with Crippen LogP contribution in [-0.2, 0) is 14.8 Å². The normalized spacial score (nSPS) is 11.2. The van der Waals surface area contributed by atoms with E-state index in [9.17, 15) is 13.2 Å². The molecular weight excluding hydrogens is 314 g/mol. The number of primary sulfonamides is 1. The lowest BCUT2D eigenvalue weighted by atomic mass is 10.1. The zero-order valence-corrected chi connectivity index (χ0v) is 12.6. The number of nitrogens with zero attached hydrogens (tertiary/aromatic N) is 1. The van der Waals surface area contributed by atoms with Crippen molar-refractivity contribution in [3.63, 3.8) is 0 Å². The minimum absolute atomic E-state index is 0.0531. The first-order chi connectivity index (χ1) is 9.77. The van der Waals surface area contributed by atoms with Gasteiger partial charge in [-0.2, -0.15) is 0 Å². The molecule has 2 rings (SSSR count). The quantitative estimate of drug-likeness (QED) is 0.901. The molecule has 2 aromatic rings. The van der Waals surface area contributed by atoms with Crippen LogP contribution >= 0.6 is 11.6 Å². The highest BCUT2D eigenvalue weighted by Gasteiger charge is 2.14. The molecule has 21 heavy (non-hydrogen) atoms. The second-order valence-electron chi connectivity index (χ2n) is 4.30. The van der Waals surface area contributed by atoms with Gasteiger partial charge >= 0.3 is 0 Å². The van der Waals surface area contributed by atoms with Crippen LogP contribution in [0.3, 0.4) is 0 Å². The maximum absolute atomic E-state index is 11.5. The molecule has 1 heterocycles. The number of benzene rings is 1. The van der Waals surface area contributed by atoms with E-state index in [0.717, 1.165) is 0 Å². The van der Waals surface area contributed by atoms with Crippen LogP contribution in [0.25, 0.3) is 11.1 Å². The Morgan fingerprint density at radius 1 is 1.24 bits per heavy atom. The first-order valence-electron chi connectivity index (χ1n) is 5.84. The molecule has 0 saturated heterocycles. The van der Waals surface area contributed by atoms with Gasteiger partial charge in [0, 0.05) is 13.1 Å². The van der Waals surface area contributed by atoms with Gasteiger partial charge in [0.1, 0.15) is 10.7 Å². The molecule has 1 aromatic heterocycles. The van der Waals surface area contributed by atoms with E-state index in [0.29, 0.717) is 16.9 Å². The SMILES string of the molecule is CC(=O)Nc1cc(-c2ccc(Cl)c(S(N)(=O)=O)c2)ccn1. The molecule has 8 heteroatoms. The fourth-order valence-electron chi connectivity index (χ4n) is 1.76. The molecule has 0 spiro atoms. The summed E-state index contributed by atoms with van der Waals surface area (Å²) in [6.45, 7) is 1.37. The molecule has 0 aliphatic carbocycles. The second-order valence-corrected chi connectivity index (χ2v) is 6.24. The van der Waals surface area contributed by atoms with Gasteiger partial charge in [-0.15, -0.1) is 0 Å². The Balaban J connectivity index is 2.50. The Morgan fingerprint density at radius 3 is 2.52 bits per heavy atom. The fraction of sp³-hybridized carbons (Fsp3) is 0.0769. The third-order valence-corrected chi connectivity index (χ3v) is 4.03. The van der Waals surface area contributed by atoms with Crippen molar-refractivity contribution in [3.8, 4) is 11.1 Å². The van der Waals surface area contributed by atoms with Gasteiger partial charge in [0.05, 0.1) is 5.02 Å². The predicted molar refractivity (Wildman–Crippen MR) is 80.4 cm³/mol. The van der Waals surface area contributed by atoms with Crippen LogP contribution in [0.5, 0.6) is 0 Å². The summed E-state index contributed by atoms with van der Waals surface area (Å²) in [7, 11) is -3.91. The highest BCUT2D eigenvalue weighted by molar-refractivity contribution is 7.89. The minimum Gasteiger partial charge on any atom is -0.311 e. The highest BCUT2D eigenvalue weighted by atomic mass is 35.5. The summed E-state index contributed by atoms with van der Waals surface area (Å²) in [5.41, 5.74) is 1.27. The number of pyridine rings is 1. The van der Waals surface area contributed by atoms with E-state index in [1.807, 2.05) is 0 Å². The van der Waals surface area contributed by atoms with Crippen molar-refractivity contribution in [2.24, 2.45) is 5.14 Å². The van der Waals surface area contributed by atoms with Gasteiger partial charge < -0.3 is 5.32 Å². The molecule has 0 fully saturated rings. The second kappa shape index (κ2) is 5.80. The number of hydrogen-bond donors (Lipinski definition) is 2. The molecule has 1 aromatic carbocycles. The van der Waals surface area contributed by atoms with Crippen molar-refractivity contribution in [2.45, 2.75) is 11.8 Å². The van der Waals surface area contributed by atoms with Gasteiger partial charge in [-0.3, -0.25) is 4.79 Å². The van der Waals surface area contributed by atoms with Crippen molar-refractivity contribution < 1.29 is 13.2 Å². The Kier molecular flexibility index (Phi) is 4.26. The number of aromatic nitrogens is 1. The van der Waals surface area contributed by atoms with Crippen molar-refractivity contribution in [1.82, 2.24) is 4.98 Å². The number of amides is 1. The van der Waals surface area contributed by atoms with Gasteiger partial charge in [0.25, 0.3) is 0 Å². The maximum atomic E-state index is 11.5. The average molecular weight is 326 g/mol. The third-order valence-electron chi connectivity index (χ3n) is 2.64. The molecule has 0 aliphatic heterocycles. The van der Waals surface area contributed by atoms with Crippen LogP contribution in [0.15, 0.2) is 41.4 Å². The topological polar surface area (TPSA) is 102 Å². The van der Waals surface area contributed by atoms with Gasteiger partial charge in [-0.05, 0) is 35.4 Å². The number of halogens is 1. The lowest BCUT2D eigenvalue weighted by molar-refractivity contribution is -0.114. The number of carbonyl (C=O) groups excluding carboxylic acids is 1. The lowest BCUT2D eigenvalue weighted by Gasteiger charge is -2.08. The van der Waals surface area contributed by atoms with Crippen LogP contribution in [0.2, 0.25) is 5.02 Å². The smallest absolute Gasteiger partial charge is 0.239 e. The largest absolute Gasteiger partial charge is 0.311 e. The van der Waals surface area contributed by atoms with E-state index in [1.54, 1.807) is 18.2 Å².